The van der Waals surface area contributed by atoms with Crippen LogP contribution in [0.5, 0.6) is 0 Å². The van der Waals surface area contributed by atoms with Gasteiger partial charge in [-0.3, -0.25) is 0 Å². The molecule has 0 spiro atoms. The third-order valence-electron chi connectivity index (χ3n) is 1.39. The lowest BCUT2D eigenvalue weighted by atomic mass is 10.7. The zero-order valence-electron chi connectivity index (χ0n) is 15.1. The van der Waals surface area contributed by atoms with Gasteiger partial charge in [0.1, 0.15) is 0 Å². The van der Waals surface area contributed by atoms with Crippen LogP contribution in [0.15, 0.2) is 50.6 Å². The Hall–Kier alpha value is -4.75. The van der Waals surface area contributed by atoms with Crippen molar-refractivity contribution >= 4 is 41.7 Å². The molecule has 0 unspecified atom stereocenters. The average molecular weight is 414 g/mol. The maximum Gasteiger partial charge on any atom is 0.327 e. The summed E-state index contributed by atoms with van der Waals surface area (Å²) in [4.78, 5) is 47.5. The number of nitrogen functional groups attached to an aromatic ring is 3. The molecule has 0 saturated heterocycles. The number of anilines is 3. The Bertz CT molecular complexity index is 598. The number of carboxylic acids is 4. The Balaban J connectivity index is -0.000000140. The second kappa shape index (κ2) is 21.3. The normalized spacial score (nSPS) is 7.31. The number of nitrogens with zero attached hydrogens (tertiary/aromatic N) is 3. The van der Waals surface area contributed by atoms with Crippen LogP contribution in [0.1, 0.15) is 0 Å². The number of hydrogen-bond donors (Lipinski definition) is 7. The summed E-state index contributed by atoms with van der Waals surface area (Å²) in [6, 6.07) is 0. The summed E-state index contributed by atoms with van der Waals surface area (Å²) in [5.41, 5.74) is 15.4. The first-order valence-corrected chi connectivity index (χ1v) is 6.71. The Kier molecular flexibility index (Phi) is 23.5. The first kappa shape index (κ1) is 32.0. The van der Waals surface area contributed by atoms with Crippen LogP contribution in [0, 0.1) is 0 Å². The van der Waals surface area contributed by atoms with E-state index in [1.807, 2.05) is 0 Å². The average Bonchev–Trinajstić information content (AvgIpc) is 2.62. The molecule has 0 amide bonds. The van der Waals surface area contributed by atoms with E-state index in [9.17, 15) is 19.2 Å². The Morgan fingerprint density at radius 2 is 0.655 bits per heavy atom. The molecular weight excluding hydrogens is 392 g/mol. The summed E-state index contributed by atoms with van der Waals surface area (Å²) >= 11 is 0. The first-order chi connectivity index (χ1) is 13.3. The van der Waals surface area contributed by atoms with E-state index >= 15 is 0 Å². The van der Waals surface area contributed by atoms with E-state index in [2.05, 4.69) is 41.3 Å². The van der Waals surface area contributed by atoms with E-state index in [1.165, 1.54) is 0 Å². The molecule has 10 N–H and O–H groups in total. The zero-order valence-corrected chi connectivity index (χ0v) is 15.1. The maximum absolute atomic E-state index is 9.25. The van der Waals surface area contributed by atoms with Crippen LogP contribution in [-0.4, -0.2) is 59.3 Å². The highest BCUT2D eigenvalue weighted by Crippen LogP contribution is 1.97. The second-order valence-electron chi connectivity index (χ2n) is 3.58. The molecule has 0 aliphatic rings. The number of aliphatic carboxylic acids is 4. The highest BCUT2D eigenvalue weighted by molar-refractivity contribution is 5.79. The Morgan fingerprint density at radius 1 is 0.552 bits per heavy atom. The molecule has 160 valence electrons. The van der Waals surface area contributed by atoms with Crippen LogP contribution in [0.4, 0.5) is 17.8 Å². The molecule has 0 aromatic carbocycles. The third kappa shape index (κ3) is 45.1. The van der Waals surface area contributed by atoms with E-state index in [-0.39, 0.29) is 17.8 Å². The number of aromatic nitrogens is 3. The van der Waals surface area contributed by atoms with Gasteiger partial charge in [-0.05, 0) is 0 Å². The zero-order chi connectivity index (χ0) is 24.0. The largest absolute Gasteiger partial charge is 0.478 e. The van der Waals surface area contributed by atoms with E-state index in [0.717, 1.165) is 24.3 Å². The maximum atomic E-state index is 9.25. The number of nitrogens with two attached hydrogens (primary N) is 3. The quantitative estimate of drug-likeness (QED) is 0.310. The predicted octanol–water partition coefficient (Wildman–Crippen LogP) is -0.354. The van der Waals surface area contributed by atoms with Crippen molar-refractivity contribution in [2.45, 2.75) is 0 Å². The molecule has 0 atom stereocenters. The van der Waals surface area contributed by atoms with Crippen molar-refractivity contribution in [1.29, 1.82) is 0 Å². The van der Waals surface area contributed by atoms with Crippen LogP contribution in [0.25, 0.3) is 0 Å². The number of rotatable bonds is 4. The second-order valence-corrected chi connectivity index (χ2v) is 3.58. The standard InChI is InChI=1S/C3H6N6.4C3H4O2/c4-1-7-2(5)9-3(6)8-1;4*1-2-3(4)5/h(H6,4,5,6,7,8,9);4*2H,1H2,(H,4,5). The van der Waals surface area contributed by atoms with Gasteiger partial charge in [0.05, 0.1) is 0 Å². The minimum absolute atomic E-state index is 0.0417. The number of carbonyl (C=O) groups is 4. The fourth-order valence-electron chi connectivity index (χ4n) is 0.427. The van der Waals surface area contributed by atoms with Gasteiger partial charge in [-0.1, -0.05) is 26.3 Å². The molecule has 0 fully saturated rings. The summed E-state index contributed by atoms with van der Waals surface area (Å²) in [7, 11) is 0. The summed E-state index contributed by atoms with van der Waals surface area (Å²) in [6.45, 7) is 11.8. The SMILES string of the molecule is C=CC(=O)O.C=CC(=O)O.C=CC(=O)O.C=CC(=O)O.Nc1nc(N)nc(N)n1. The molecule has 0 bridgehead atoms. The van der Waals surface area contributed by atoms with Crippen molar-refractivity contribution in [3.63, 3.8) is 0 Å². The van der Waals surface area contributed by atoms with Crippen molar-refractivity contribution in [1.82, 2.24) is 15.0 Å². The molecular formula is C15H22N6O8. The molecule has 1 rings (SSSR count). The highest BCUT2D eigenvalue weighted by Gasteiger charge is 1.93. The number of hydrogen-bond acceptors (Lipinski definition) is 10. The van der Waals surface area contributed by atoms with Gasteiger partial charge >= 0.3 is 23.9 Å². The minimum atomic E-state index is -0.981. The minimum Gasteiger partial charge on any atom is -0.478 e. The monoisotopic (exact) mass is 414 g/mol. The van der Waals surface area contributed by atoms with E-state index in [0.29, 0.717) is 0 Å². The lowest BCUT2D eigenvalue weighted by Gasteiger charge is -1.93. The first-order valence-electron chi connectivity index (χ1n) is 6.71. The van der Waals surface area contributed by atoms with E-state index in [4.69, 9.17) is 37.6 Å². The van der Waals surface area contributed by atoms with Gasteiger partial charge in [-0.25, -0.2) is 19.2 Å². The van der Waals surface area contributed by atoms with Gasteiger partial charge in [0.2, 0.25) is 17.8 Å². The molecule has 1 aromatic rings. The summed E-state index contributed by atoms with van der Waals surface area (Å²) in [5, 5.41) is 30.4. The Labute approximate surface area is 165 Å². The molecule has 1 aromatic heterocycles. The number of carboxylic acid groups (broad SMARTS) is 4. The van der Waals surface area contributed by atoms with Gasteiger partial charge < -0.3 is 37.6 Å². The van der Waals surface area contributed by atoms with Gasteiger partial charge in [0.25, 0.3) is 0 Å². The lowest BCUT2D eigenvalue weighted by Crippen LogP contribution is -2.05. The summed E-state index contributed by atoms with van der Waals surface area (Å²) in [6.07, 6.45) is 3.33. The fraction of sp³-hybridized carbons (Fsp3) is 0. The fourth-order valence-corrected chi connectivity index (χ4v) is 0.427. The Morgan fingerprint density at radius 3 is 0.724 bits per heavy atom. The van der Waals surface area contributed by atoms with Crippen LogP contribution < -0.4 is 17.2 Å². The molecule has 1 heterocycles. The van der Waals surface area contributed by atoms with Crippen molar-refractivity contribution in [2.75, 3.05) is 17.2 Å². The van der Waals surface area contributed by atoms with Gasteiger partial charge in [0, 0.05) is 24.3 Å². The molecule has 14 nitrogen and oxygen atoms in total. The van der Waals surface area contributed by atoms with Crippen LogP contribution >= 0.6 is 0 Å². The van der Waals surface area contributed by atoms with Gasteiger partial charge in [-0.15, -0.1) is 0 Å². The van der Waals surface area contributed by atoms with Crippen molar-refractivity contribution in [3.05, 3.63) is 50.6 Å². The van der Waals surface area contributed by atoms with Gasteiger partial charge in [0.15, 0.2) is 0 Å². The predicted molar refractivity (Wildman–Crippen MR) is 104 cm³/mol. The van der Waals surface area contributed by atoms with Crippen LogP contribution in [0.2, 0.25) is 0 Å². The third-order valence-corrected chi connectivity index (χ3v) is 1.39. The molecule has 29 heavy (non-hydrogen) atoms. The molecule has 0 aliphatic heterocycles. The molecule has 14 heteroatoms. The topological polar surface area (TPSA) is 266 Å². The molecule has 0 saturated carbocycles. The van der Waals surface area contributed by atoms with Crippen molar-refractivity contribution < 1.29 is 39.6 Å². The smallest absolute Gasteiger partial charge is 0.327 e. The van der Waals surface area contributed by atoms with Crippen LogP contribution in [-0.2, 0) is 19.2 Å². The molecule has 0 radical (unpaired) electrons. The van der Waals surface area contributed by atoms with E-state index in [1.54, 1.807) is 0 Å². The summed E-state index contributed by atoms with van der Waals surface area (Å²) in [5.74, 6) is -3.80. The van der Waals surface area contributed by atoms with Crippen LogP contribution in [0.3, 0.4) is 0 Å². The lowest BCUT2D eigenvalue weighted by molar-refractivity contribution is -0.132. The van der Waals surface area contributed by atoms with E-state index < -0.39 is 23.9 Å². The van der Waals surface area contributed by atoms with Crippen molar-refractivity contribution in [3.8, 4) is 0 Å². The van der Waals surface area contributed by atoms with Crippen molar-refractivity contribution in [2.24, 2.45) is 0 Å². The summed E-state index contributed by atoms with van der Waals surface area (Å²) < 4.78 is 0. The highest BCUT2D eigenvalue weighted by atomic mass is 16.4. The van der Waals surface area contributed by atoms with Gasteiger partial charge in [-0.2, -0.15) is 15.0 Å². The molecule has 0 aliphatic carbocycles.